The SMILES string of the molecule is Cc1ccc(NC(=O)c2[nH]c(C)c(S(=O)(=O)N3CCOCC3)c2C)cc1F. The van der Waals surface area contributed by atoms with Gasteiger partial charge in [0.25, 0.3) is 5.91 Å². The highest BCUT2D eigenvalue weighted by Gasteiger charge is 2.32. The second-order valence-electron chi connectivity index (χ2n) is 6.51. The molecule has 1 aliphatic heterocycles. The number of carbonyl (C=O) groups is 1. The predicted molar refractivity (Wildman–Crippen MR) is 98.9 cm³/mol. The van der Waals surface area contributed by atoms with Crippen molar-refractivity contribution in [3.05, 3.63) is 46.5 Å². The van der Waals surface area contributed by atoms with Crippen LogP contribution in [0.15, 0.2) is 23.1 Å². The van der Waals surface area contributed by atoms with E-state index in [1.807, 2.05) is 0 Å². The highest BCUT2D eigenvalue weighted by molar-refractivity contribution is 7.89. The Labute approximate surface area is 157 Å². The zero-order chi connectivity index (χ0) is 19.8. The second kappa shape index (κ2) is 7.41. The van der Waals surface area contributed by atoms with E-state index in [1.165, 1.54) is 10.4 Å². The van der Waals surface area contributed by atoms with Crippen LogP contribution in [0.3, 0.4) is 0 Å². The summed E-state index contributed by atoms with van der Waals surface area (Å²) < 4.78 is 46.2. The normalized spacial score (nSPS) is 15.7. The van der Waals surface area contributed by atoms with Gasteiger partial charge < -0.3 is 15.0 Å². The van der Waals surface area contributed by atoms with Gasteiger partial charge in [-0.1, -0.05) is 6.07 Å². The lowest BCUT2D eigenvalue weighted by Gasteiger charge is -2.26. The standard InChI is InChI=1S/C18H22FN3O4S/c1-11-4-5-14(10-15(11)19)21-18(23)16-12(2)17(13(3)20-16)27(24,25)22-6-8-26-9-7-22/h4-5,10,20H,6-9H2,1-3H3,(H,21,23). The topological polar surface area (TPSA) is 91.5 Å². The lowest BCUT2D eigenvalue weighted by molar-refractivity contribution is 0.0730. The van der Waals surface area contributed by atoms with Gasteiger partial charge in [-0.25, -0.2) is 12.8 Å². The molecule has 3 rings (SSSR count). The van der Waals surface area contributed by atoms with Crippen LogP contribution in [0.2, 0.25) is 0 Å². The van der Waals surface area contributed by atoms with E-state index in [0.717, 1.165) is 0 Å². The maximum Gasteiger partial charge on any atom is 0.272 e. The maximum absolute atomic E-state index is 13.7. The van der Waals surface area contributed by atoms with Gasteiger partial charge in [-0.05, 0) is 44.0 Å². The summed E-state index contributed by atoms with van der Waals surface area (Å²) in [6.07, 6.45) is 0. The molecule has 1 aromatic carbocycles. The van der Waals surface area contributed by atoms with E-state index in [1.54, 1.807) is 32.9 Å². The first-order chi connectivity index (χ1) is 12.7. The van der Waals surface area contributed by atoms with Crippen LogP contribution < -0.4 is 5.32 Å². The molecule has 2 heterocycles. The fourth-order valence-corrected chi connectivity index (χ4v) is 4.94. The summed E-state index contributed by atoms with van der Waals surface area (Å²) >= 11 is 0. The fraction of sp³-hybridized carbons (Fsp3) is 0.389. The van der Waals surface area contributed by atoms with Gasteiger partial charge in [-0.15, -0.1) is 0 Å². The first-order valence-corrected chi connectivity index (χ1v) is 10.0. The average Bonchev–Trinajstić information content (AvgIpc) is 2.94. The Bertz CT molecular complexity index is 979. The molecule has 0 radical (unpaired) electrons. The number of aromatic nitrogens is 1. The molecule has 1 fully saturated rings. The molecule has 0 saturated carbocycles. The Hall–Kier alpha value is -2.23. The van der Waals surface area contributed by atoms with Crippen LogP contribution in [0, 0.1) is 26.6 Å². The highest BCUT2D eigenvalue weighted by atomic mass is 32.2. The Balaban J connectivity index is 1.90. The van der Waals surface area contributed by atoms with Gasteiger partial charge in [0.2, 0.25) is 10.0 Å². The molecular weight excluding hydrogens is 373 g/mol. The van der Waals surface area contributed by atoms with Gasteiger partial charge in [-0.2, -0.15) is 4.31 Å². The first-order valence-electron chi connectivity index (χ1n) is 8.56. The van der Waals surface area contributed by atoms with Crippen LogP contribution in [-0.4, -0.2) is 49.9 Å². The van der Waals surface area contributed by atoms with Crippen molar-refractivity contribution in [3.63, 3.8) is 0 Å². The number of nitrogens with zero attached hydrogens (tertiary/aromatic N) is 1. The Morgan fingerprint density at radius 3 is 2.52 bits per heavy atom. The lowest BCUT2D eigenvalue weighted by atomic mass is 10.2. The number of nitrogens with one attached hydrogen (secondary N) is 2. The molecule has 1 amide bonds. The van der Waals surface area contributed by atoms with Crippen molar-refractivity contribution >= 4 is 21.6 Å². The first kappa shape index (κ1) is 19.5. The largest absolute Gasteiger partial charge is 0.379 e. The maximum atomic E-state index is 13.7. The number of anilines is 1. The van der Waals surface area contributed by atoms with Gasteiger partial charge in [0.05, 0.1) is 13.2 Å². The molecule has 2 aromatic rings. The molecule has 0 spiro atoms. The van der Waals surface area contributed by atoms with Crippen molar-refractivity contribution in [1.29, 1.82) is 0 Å². The Morgan fingerprint density at radius 2 is 1.89 bits per heavy atom. The highest BCUT2D eigenvalue weighted by Crippen LogP contribution is 2.27. The van der Waals surface area contributed by atoms with Gasteiger partial charge >= 0.3 is 0 Å². The number of aryl methyl sites for hydroxylation is 2. The van der Waals surface area contributed by atoms with Crippen LogP contribution in [0.1, 0.15) is 27.3 Å². The van der Waals surface area contributed by atoms with E-state index in [4.69, 9.17) is 4.74 Å². The molecule has 0 atom stereocenters. The Kier molecular flexibility index (Phi) is 5.36. The van der Waals surface area contributed by atoms with Crippen molar-refractivity contribution in [3.8, 4) is 0 Å². The number of ether oxygens (including phenoxy) is 1. The van der Waals surface area contributed by atoms with Crippen molar-refractivity contribution in [2.75, 3.05) is 31.6 Å². The molecule has 0 unspecified atom stereocenters. The molecule has 2 N–H and O–H groups in total. The third kappa shape index (κ3) is 3.76. The number of carbonyl (C=O) groups excluding carboxylic acids is 1. The van der Waals surface area contributed by atoms with Crippen molar-refractivity contribution in [2.24, 2.45) is 0 Å². The van der Waals surface area contributed by atoms with E-state index >= 15 is 0 Å². The van der Waals surface area contributed by atoms with Gasteiger partial charge in [0, 0.05) is 24.5 Å². The van der Waals surface area contributed by atoms with E-state index in [2.05, 4.69) is 10.3 Å². The molecule has 27 heavy (non-hydrogen) atoms. The third-order valence-corrected chi connectivity index (χ3v) is 6.77. The van der Waals surface area contributed by atoms with Gasteiger partial charge in [0.1, 0.15) is 16.4 Å². The number of benzene rings is 1. The molecule has 1 saturated heterocycles. The minimum absolute atomic E-state index is 0.102. The van der Waals surface area contributed by atoms with Crippen LogP contribution in [0.4, 0.5) is 10.1 Å². The molecule has 0 aliphatic carbocycles. The molecule has 9 heteroatoms. The molecule has 146 valence electrons. The predicted octanol–water partition coefficient (Wildman–Crippen LogP) is 2.35. The van der Waals surface area contributed by atoms with Crippen molar-refractivity contribution in [2.45, 2.75) is 25.7 Å². The number of sulfonamides is 1. The van der Waals surface area contributed by atoms with E-state index in [0.29, 0.717) is 35.7 Å². The summed E-state index contributed by atoms with van der Waals surface area (Å²) in [5.41, 5.74) is 1.63. The number of aromatic amines is 1. The van der Waals surface area contributed by atoms with E-state index in [9.17, 15) is 17.6 Å². The minimum atomic E-state index is -3.74. The van der Waals surface area contributed by atoms with Crippen LogP contribution in [0.25, 0.3) is 0 Å². The molecule has 1 aromatic heterocycles. The number of hydrogen-bond donors (Lipinski definition) is 2. The summed E-state index contributed by atoms with van der Waals surface area (Å²) in [5, 5.41) is 2.60. The van der Waals surface area contributed by atoms with Gasteiger partial charge in [-0.3, -0.25) is 4.79 Å². The number of halogens is 1. The summed E-state index contributed by atoms with van der Waals surface area (Å²) in [4.78, 5) is 15.6. The second-order valence-corrected chi connectivity index (χ2v) is 8.39. The number of amides is 1. The molecule has 0 bridgehead atoms. The number of hydrogen-bond acceptors (Lipinski definition) is 4. The quantitative estimate of drug-likeness (QED) is 0.831. The molecule has 7 nitrogen and oxygen atoms in total. The third-order valence-electron chi connectivity index (χ3n) is 4.59. The van der Waals surface area contributed by atoms with E-state index < -0.39 is 21.7 Å². The zero-order valence-corrected chi connectivity index (χ0v) is 16.2. The van der Waals surface area contributed by atoms with Crippen LogP contribution in [0.5, 0.6) is 0 Å². The smallest absolute Gasteiger partial charge is 0.272 e. The number of H-pyrrole nitrogens is 1. The minimum Gasteiger partial charge on any atom is -0.379 e. The van der Waals surface area contributed by atoms with Crippen LogP contribution in [-0.2, 0) is 14.8 Å². The number of morpholine rings is 1. The van der Waals surface area contributed by atoms with Crippen molar-refractivity contribution in [1.82, 2.24) is 9.29 Å². The average molecular weight is 395 g/mol. The Morgan fingerprint density at radius 1 is 1.22 bits per heavy atom. The summed E-state index contributed by atoms with van der Waals surface area (Å²) in [6.45, 7) is 6.06. The van der Waals surface area contributed by atoms with Crippen LogP contribution >= 0.6 is 0 Å². The lowest BCUT2D eigenvalue weighted by Crippen LogP contribution is -2.40. The summed E-state index contributed by atoms with van der Waals surface area (Å²) in [7, 11) is -3.74. The monoisotopic (exact) mass is 395 g/mol. The van der Waals surface area contributed by atoms with Crippen molar-refractivity contribution < 1.29 is 22.3 Å². The fourth-order valence-electron chi connectivity index (χ4n) is 3.13. The number of rotatable bonds is 4. The van der Waals surface area contributed by atoms with Gasteiger partial charge in [0.15, 0.2) is 0 Å². The summed E-state index contributed by atoms with van der Waals surface area (Å²) in [6, 6.07) is 4.38. The van der Waals surface area contributed by atoms with E-state index in [-0.39, 0.29) is 23.7 Å². The summed E-state index contributed by atoms with van der Waals surface area (Å²) in [5.74, 6) is -0.954. The molecular formula is C18H22FN3O4S. The zero-order valence-electron chi connectivity index (χ0n) is 15.4. The molecule has 1 aliphatic rings.